The number of piperazine rings is 1. The number of nitrogens with zero attached hydrogens (tertiary/aromatic N) is 3. The number of methoxy groups -OCH3 is 1. The largest absolute Gasteiger partial charge is 0.496 e. The molecule has 0 saturated carbocycles. The minimum Gasteiger partial charge on any atom is -0.496 e. The quantitative estimate of drug-likeness (QED) is 0.777. The molecule has 0 unspecified atom stereocenters. The molecular weight excluding hydrogens is 238 g/mol. The van der Waals surface area contributed by atoms with Crippen molar-refractivity contribution in [2.75, 3.05) is 45.2 Å². The van der Waals surface area contributed by atoms with Gasteiger partial charge in [0, 0.05) is 37.9 Å². The third-order valence-electron chi connectivity index (χ3n) is 3.47. The van der Waals surface area contributed by atoms with Gasteiger partial charge in [-0.3, -0.25) is 0 Å². The number of rotatable bonds is 4. The Balaban J connectivity index is 2.08. The van der Waals surface area contributed by atoms with E-state index >= 15 is 0 Å². The molecule has 0 radical (unpaired) electrons. The number of pyridine rings is 1. The van der Waals surface area contributed by atoms with Gasteiger partial charge in [-0.1, -0.05) is 6.92 Å². The van der Waals surface area contributed by atoms with Gasteiger partial charge in [0.1, 0.15) is 11.6 Å². The number of likely N-dealkylation sites (N-methyl/N-ethyl adjacent to an activating group) is 1. The molecule has 1 aromatic rings. The van der Waals surface area contributed by atoms with Crippen molar-refractivity contribution in [2.24, 2.45) is 0 Å². The zero-order valence-electron chi connectivity index (χ0n) is 12.1. The molecule has 1 fully saturated rings. The lowest BCUT2D eigenvalue weighted by molar-refractivity contribution is 0.312. The zero-order chi connectivity index (χ0) is 13.7. The van der Waals surface area contributed by atoms with E-state index in [1.807, 2.05) is 6.20 Å². The Hall–Kier alpha value is -1.55. The van der Waals surface area contributed by atoms with Crippen LogP contribution in [0, 0.1) is 0 Å². The highest BCUT2D eigenvalue weighted by atomic mass is 16.5. The smallest absolute Gasteiger partial charge is 0.128 e. The molecule has 0 spiro atoms. The van der Waals surface area contributed by atoms with Crippen LogP contribution in [-0.4, -0.2) is 50.2 Å². The summed E-state index contributed by atoms with van der Waals surface area (Å²) in [5, 5.41) is 0. The summed E-state index contributed by atoms with van der Waals surface area (Å²) in [4.78, 5) is 9.24. The van der Waals surface area contributed by atoms with Crippen molar-refractivity contribution in [1.29, 1.82) is 0 Å². The summed E-state index contributed by atoms with van der Waals surface area (Å²) in [6.45, 7) is 6.39. The van der Waals surface area contributed by atoms with Gasteiger partial charge in [0.05, 0.1) is 7.11 Å². The second-order valence-corrected chi connectivity index (χ2v) is 4.88. The highest BCUT2D eigenvalue weighted by Gasteiger charge is 2.15. The SMILES string of the molecule is CC/C=C(/OC)c1ccc(N2CCN(C)CC2)nc1. The van der Waals surface area contributed by atoms with Crippen molar-refractivity contribution in [1.82, 2.24) is 9.88 Å². The molecule has 1 aromatic heterocycles. The van der Waals surface area contributed by atoms with Gasteiger partial charge >= 0.3 is 0 Å². The van der Waals surface area contributed by atoms with Crippen LogP contribution in [0.1, 0.15) is 18.9 Å². The minimum atomic E-state index is 0.903. The molecule has 0 amide bonds. The Morgan fingerprint density at radius 3 is 2.58 bits per heavy atom. The molecule has 0 bridgehead atoms. The van der Waals surface area contributed by atoms with Crippen LogP contribution in [0.25, 0.3) is 5.76 Å². The Morgan fingerprint density at radius 2 is 2.05 bits per heavy atom. The van der Waals surface area contributed by atoms with Gasteiger partial charge in [-0.2, -0.15) is 0 Å². The number of hydrogen-bond donors (Lipinski definition) is 0. The number of ether oxygens (including phenoxy) is 1. The van der Waals surface area contributed by atoms with Crippen molar-refractivity contribution >= 4 is 11.6 Å². The van der Waals surface area contributed by atoms with Crippen LogP contribution < -0.4 is 4.90 Å². The van der Waals surface area contributed by atoms with E-state index in [0.29, 0.717) is 0 Å². The highest BCUT2D eigenvalue weighted by molar-refractivity contribution is 5.60. The van der Waals surface area contributed by atoms with Crippen LogP contribution >= 0.6 is 0 Å². The molecule has 104 valence electrons. The molecule has 2 heterocycles. The number of allylic oxidation sites excluding steroid dienone is 1. The van der Waals surface area contributed by atoms with Crippen molar-refractivity contribution in [3.8, 4) is 0 Å². The predicted octanol–water partition coefficient (Wildman–Crippen LogP) is 2.23. The minimum absolute atomic E-state index is 0.903. The monoisotopic (exact) mass is 261 g/mol. The van der Waals surface area contributed by atoms with E-state index in [-0.39, 0.29) is 0 Å². The fourth-order valence-electron chi connectivity index (χ4n) is 2.26. The predicted molar refractivity (Wildman–Crippen MR) is 79.2 cm³/mol. The highest BCUT2D eigenvalue weighted by Crippen LogP contribution is 2.19. The average Bonchev–Trinajstić information content (AvgIpc) is 2.46. The summed E-state index contributed by atoms with van der Waals surface area (Å²) in [6, 6.07) is 4.18. The maximum Gasteiger partial charge on any atom is 0.128 e. The van der Waals surface area contributed by atoms with Gasteiger partial charge < -0.3 is 14.5 Å². The molecule has 1 aliphatic heterocycles. The second kappa shape index (κ2) is 6.57. The molecule has 4 nitrogen and oxygen atoms in total. The summed E-state index contributed by atoms with van der Waals surface area (Å²) in [6.07, 6.45) is 4.94. The summed E-state index contributed by atoms with van der Waals surface area (Å²) in [5.41, 5.74) is 1.04. The first-order valence-corrected chi connectivity index (χ1v) is 6.88. The number of aromatic nitrogens is 1. The molecule has 0 aromatic carbocycles. The molecule has 0 atom stereocenters. The topological polar surface area (TPSA) is 28.6 Å². The summed E-state index contributed by atoms with van der Waals surface area (Å²) >= 11 is 0. The molecule has 1 aliphatic rings. The third kappa shape index (κ3) is 3.47. The van der Waals surface area contributed by atoms with E-state index in [4.69, 9.17) is 4.74 Å². The molecule has 0 aliphatic carbocycles. The lowest BCUT2D eigenvalue weighted by Crippen LogP contribution is -2.44. The molecular formula is C15H23N3O. The standard InChI is InChI=1S/C15H23N3O/c1-4-5-14(19-3)13-6-7-15(16-12-13)18-10-8-17(2)9-11-18/h5-7,12H,4,8-11H2,1-3H3/b14-5+. The van der Waals surface area contributed by atoms with Gasteiger partial charge in [-0.05, 0) is 31.7 Å². The van der Waals surface area contributed by atoms with Crippen LogP contribution in [0.2, 0.25) is 0 Å². The van der Waals surface area contributed by atoms with Gasteiger partial charge in [-0.25, -0.2) is 4.98 Å². The van der Waals surface area contributed by atoms with Gasteiger partial charge in [-0.15, -0.1) is 0 Å². The number of hydrogen-bond acceptors (Lipinski definition) is 4. The normalized spacial score (nSPS) is 17.6. The van der Waals surface area contributed by atoms with E-state index in [0.717, 1.165) is 49.7 Å². The van der Waals surface area contributed by atoms with E-state index in [9.17, 15) is 0 Å². The van der Waals surface area contributed by atoms with Crippen molar-refractivity contribution in [3.05, 3.63) is 30.0 Å². The van der Waals surface area contributed by atoms with Gasteiger partial charge in [0.2, 0.25) is 0 Å². The molecule has 2 rings (SSSR count). The second-order valence-electron chi connectivity index (χ2n) is 4.88. The van der Waals surface area contributed by atoms with E-state index in [2.05, 4.69) is 47.0 Å². The Kier molecular flexibility index (Phi) is 4.80. The summed E-state index contributed by atoms with van der Waals surface area (Å²) < 4.78 is 5.38. The summed E-state index contributed by atoms with van der Waals surface area (Å²) in [7, 11) is 3.87. The van der Waals surface area contributed by atoms with E-state index in [1.54, 1.807) is 7.11 Å². The first-order chi connectivity index (χ1) is 9.24. The fourth-order valence-corrected chi connectivity index (χ4v) is 2.26. The van der Waals surface area contributed by atoms with Crippen LogP contribution in [0.5, 0.6) is 0 Å². The Bertz CT molecular complexity index is 420. The molecule has 19 heavy (non-hydrogen) atoms. The van der Waals surface area contributed by atoms with Crippen LogP contribution in [0.4, 0.5) is 5.82 Å². The van der Waals surface area contributed by atoms with Crippen LogP contribution in [-0.2, 0) is 4.74 Å². The first kappa shape index (κ1) is 13.9. The maximum atomic E-state index is 5.38. The zero-order valence-corrected chi connectivity index (χ0v) is 12.1. The van der Waals surface area contributed by atoms with Crippen molar-refractivity contribution in [3.63, 3.8) is 0 Å². The molecule has 1 saturated heterocycles. The molecule has 0 N–H and O–H groups in total. The fraction of sp³-hybridized carbons (Fsp3) is 0.533. The third-order valence-corrected chi connectivity index (χ3v) is 3.47. The number of anilines is 1. The average molecular weight is 261 g/mol. The maximum absolute atomic E-state index is 5.38. The van der Waals surface area contributed by atoms with Crippen molar-refractivity contribution < 1.29 is 4.74 Å². The van der Waals surface area contributed by atoms with E-state index < -0.39 is 0 Å². The van der Waals surface area contributed by atoms with E-state index in [1.165, 1.54) is 0 Å². The van der Waals surface area contributed by atoms with Crippen LogP contribution in [0.3, 0.4) is 0 Å². The Labute approximate surface area is 115 Å². The van der Waals surface area contributed by atoms with Crippen molar-refractivity contribution in [2.45, 2.75) is 13.3 Å². The summed E-state index contributed by atoms with van der Waals surface area (Å²) in [5.74, 6) is 1.96. The lowest BCUT2D eigenvalue weighted by Gasteiger charge is -2.33. The van der Waals surface area contributed by atoms with Crippen LogP contribution in [0.15, 0.2) is 24.4 Å². The Morgan fingerprint density at radius 1 is 1.32 bits per heavy atom. The lowest BCUT2D eigenvalue weighted by atomic mass is 10.2. The first-order valence-electron chi connectivity index (χ1n) is 6.88. The molecule has 4 heteroatoms. The van der Waals surface area contributed by atoms with Gasteiger partial charge in [0.25, 0.3) is 0 Å². The van der Waals surface area contributed by atoms with Gasteiger partial charge in [0.15, 0.2) is 0 Å².